The Balaban J connectivity index is 1.89. The lowest BCUT2D eigenvalue weighted by molar-refractivity contribution is -0.729. The smallest absolute Gasteiger partial charge is 0.317 e. The molecule has 0 bridgehead atoms. The minimum Gasteiger partial charge on any atom is -0.395 e. The highest BCUT2D eigenvalue weighted by Gasteiger charge is 2.15. The maximum Gasteiger partial charge on any atom is 0.317 e. The standard InChI is InChI=1S/C18H20N5O3S/c1-3-22(8-9-24)13-4-6-16(12(2)10-13)19-20-18-15-11-14(23(25)26)5-7-17(15)21-27-18/h4-7,10-11,24H,3,8-9H2,1-2H3,(H,25,26)/q+1/b20-19+. The Morgan fingerprint density at radius 3 is 2.70 bits per heavy atom. The van der Waals surface area contributed by atoms with Crippen molar-refractivity contribution in [1.29, 1.82) is 0 Å². The normalized spacial score (nSPS) is 11.4. The van der Waals surface area contributed by atoms with Crippen molar-refractivity contribution in [3.8, 4) is 0 Å². The van der Waals surface area contributed by atoms with Gasteiger partial charge in [-0.05, 0) is 55.2 Å². The Morgan fingerprint density at radius 1 is 1.22 bits per heavy atom. The molecule has 8 nitrogen and oxygen atoms in total. The highest BCUT2D eigenvalue weighted by molar-refractivity contribution is 7.11. The molecule has 9 heteroatoms. The maximum atomic E-state index is 11.1. The molecule has 0 atom stereocenters. The first-order valence-corrected chi connectivity index (χ1v) is 9.24. The number of benzene rings is 2. The van der Waals surface area contributed by atoms with Crippen molar-refractivity contribution in [2.45, 2.75) is 13.8 Å². The van der Waals surface area contributed by atoms with Crippen LogP contribution in [-0.4, -0.2) is 39.3 Å². The minimum absolute atomic E-state index is 0.101. The number of hydrogen-bond donors (Lipinski definition) is 2. The molecule has 0 radical (unpaired) electrons. The van der Waals surface area contributed by atoms with Crippen molar-refractivity contribution in [2.24, 2.45) is 10.2 Å². The van der Waals surface area contributed by atoms with Crippen LogP contribution in [0.5, 0.6) is 0 Å². The Morgan fingerprint density at radius 2 is 2.04 bits per heavy atom. The third-order valence-corrected chi connectivity index (χ3v) is 4.97. The summed E-state index contributed by atoms with van der Waals surface area (Å²) in [6.07, 6.45) is 0. The molecule has 2 aromatic carbocycles. The average molecular weight is 386 g/mol. The van der Waals surface area contributed by atoms with Crippen LogP contribution in [-0.2, 0) is 0 Å². The van der Waals surface area contributed by atoms with E-state index in [9.17, 15) is 4.91 Å². The van der Waals surface area contributed by atoms with E-state index < -0.39 is 0 Å². The van der Waals surface area contributed by atoms with Gasteiger partial charge in [-0.25, -0.2) is 5.21 Å². The van der Waals surface area contributed by atoms with E-state index in [0.29, 0.717) is 22.4 Å². The third kappa shape index (κ3) is 4.09. The first-order chi connectivity index (χ1) is 13.0. The average Bonchev–Trinajstić information content (AvgIpc) is 3.07. The van der Waals surface area contributed by atoms with Crippen molar-refractivity contribution in [3.63, 3.8) is 0 Å². The summed E-state index contributed by atoms with van der Waals surface area (Å²) in [7, 11) is 0. The summed E-state index contributed by atoms with van der Waals surface area (Å²) in [5, 5.41) is 28.1. The maximum absolute atomic E-state index is 11.1. The number of aliphatic hydroxyl groups is 1. The Kier molecular flexibility index (Phi) is 5.72. The molecule has 27 heavy (non-hydrogen) atoms. The van der Waals surface area contributed by atoms with E-state index in [1.807, 2.05) is 32.0 Å². The van der Waals surface area contributed by atoms with Crippen molar-refractivity contribution in [1.82, 2.24) is 4.37 Å². The fraction of sp³-hybridized carbons (Fsp3) is 0.278. The largest absolute Gasteiger partial charge is 0.395 e. The molecule has 0 aliphatic carbocycles. The molecule has 0 saturated carbocycles. The number of fused-ring (bicyclic) bond motifs is 1. The van der Waals surface area contributed by atoms with E-state index in [1.165, 1.54) is 23.7 Å². The van der Waals surface area contributed by atoms with E-state index in [0.717, 1.165) is 23.5 Å². The molecule has 3 rings (SSSR count). The third-order valence-electron chi connectivity index (χ3n) is 4.21. The minimum atomic E-state index is -0.188. The molecule has 1 heterocycles. The summed E-state index contributed by atoms with van der Waals surface area (Å²) in [6, 6.07) is 10.5. The van der Waals surface area contributed by atoms with Gasteiger partial charge in [0.2, 0.25) is 0 Å². The van der Waals surface area contributed by atoms with Gasteiger partial charge in [-0.1, -0.05) is 0 Å². The highest BCUT2D eigenvalue weighted by Crippen LogP contribution is 2.34. The molecule has 3 aromatic rings. The lowest BCUT2D eigenvalue weighted by Crippen LogP contribution is -2.26. The van der Waals surface area contributed by atoms with E-state index >= 15 is 0 Å². The molecule has 0 amide bonds. The molecule has 140 valence electrons. The van der Waals surface area contributed by atoms with Crippen LogP contribution in [0.1, 0.15) is 12.5 Å². The number of azo groups is 1. The van der Waals surface area contributed by atoms with Gasteiger partial charge in [0.25, 0.3) is 4.92 Å². The van der Waals surface area contributed by atoms with Crippen molar-refractivity contribution in [2.75, 3.05) is 24.6 Å². The van der Waals surface area contributed by atoms with E-state index in [-0.39, 0.29) is 17.2 Å². The summed E-state index contributed by atoms with van der Waals surface area (Å²) in [4.78, 5) is 13.0. The quantitative estimate of drug-likeness (QED) is 0.455. The Hall–Kier alpha value is -2.91. The molecule has 0 spiro atoms. The summed E-state index contributed by atoms with van der Waals surface area (Å²) in [5.41, 5.74) is 3.51. The van der Waals surface area contributed by atoms with Gasteiger partial charge in [0.05, 0.1) is 22.7 Å². The van der Waals surface area contributed by atoms with E-state index in [2.05, 4.69) is 19.5 Å². The molecule has 0 unspecified atom stereocenters. The summed E-state index contributed by atoms with van der Waals surface area (Å²) >= 11 is 1.18. The molecule has 0 fully saturated rings. The molecular weight excluding hydrogens is 366 g/mol. The molecule has 2 N–H and O–H groups in total. The molecule has 0 saturated heterocycles. The van der Waals surface area contributed by atoms with E-state index in [1.54, 1.807) is 6.07 Å². The summed E-state index contributed by atoms with van der Waals surface area (Å²) < 4.78 is 4.28. The number of aliphatic hydroxyl groups excluding tert-OH is 1. The fourth-order valence-corrected chi connectivity index (χ4v) is 3.43. The van der Waals surface area contributed by atoms with Crippen LogP contribution >= 0.6 is 11.5 Å². The predicted octanol–water partition coefficient (Wildman–Crippen LogP) is 4.64. The van der Waals surface area contributed by atoms with Crippen LogP contribution in [0.15, 0.2) is 46.6 Å². The van der Waals surface area contributed by atoms with Gasteiger partial charge in [-0.3, -0.25) is 0 Å². The highest BCUT2D eigenvalue weighted by atomic mass is 32.1. The number of nitrogens with zero attached hydrogens (tertiary/aromatic N) is 5. The van der Waals surface area contributed by atoms with Crippen LogP contribution in [0.3, 0.4) is 0 Å². The zero-order valence-electron chi connectivity index (χ0n) is 15.0. The number of aryl methyl sites for hydroxylation is 1. The van der Waals surface area contributed by atoms with Gasteiger partial charge in [0.1, 0.15) is 0 Å². The Labute approximate surface area is 160 Å². The van der Waals surface area contributed by atoms with Gasteiger partial charge >= 0.3 is 5.69 Å². The SMILES string of the molecule is CCN(CCO)c1ccc(/N=N/c2snc3ccc([N+](=O)O)cc23)c(C)c1. The Bertz CT molecular complexity index is 1000. The van der Waals surface area contributed by atoms with Crippen molar-refractivity contribution in [3.05, 3.63) is 46.9 Å². The van der Waals surface area contributed by atoms with Crippen LogP contribution in [0.25, 0.3) is 10.9 Å². The van der Waals surface area contributed by atoms with Gasteiger partial charge in [-0.2, -0.15) is 4.37 Å². The summed E-state index contributed by atoms with van der Waals surface area (Å²) in [5.74, 6) is 0. The first kappa shape index (κ1) is 18.9. The monoisotopic (exact) mass is 386 g/mol. The number of rotatable bonds is 7. The molecular formula is C18H20N5O3S+. The lowest BCUT2D eigenvalue weighted by Gasteiger charge is -2.22. The van der Waals surface area contributed by atoms with Gasteiger partial charge in [0, 0.05) is 36.3 Å². The van der Waals surface area contributed by atoms with Crippen LogP contribution in [0, 0.1) is 11.8 Å². The predicted molar refractivity (Wildman–Crippen MR) is 105 cm³/mol. The van der Waals surface area contributed by atoms with Gasteiger partial charge < -0.3 is 10.0 Å². The van der Waals surface area contributed by atoms with Crippen LogP contribution in [0.2, 0.25) is 0 Å². The molecule has 0 aliphatic rings. The number of hydrogen-bond acceptors (Lipinski definition) is 7. The van der Waals surface area contributed by atoms with Gasteiger partial charge in [0.15, 0.2) is 5.00 Å². The van der Waals surface area contributed by atoms with Gasteiger partial charge in [-0.15, -0.1) is 10.2 Å². The zero-order valence-corrected chi connectivity index (χ0v) is 15.8. The number of anilines is 1. The number of aromatic nitrogens is 1. The van der Waals surface area contributed by atoms with E-state index in [4.69, 9.17) is 10.3 Å². The zero-order chi connectivity index (χ0) is 19.4. The van der Waals surface area contributed by atoms with Crippen LogP contribution < -0.4 is 4.90 Å². The molecule has 1 aromatic heterocycles. The summed E-state index contributed by atoms with van der Waals surface area (Å²) in [6.45, 7) is 5.47. The fourth-order valence-electron chi connectivity index (χ4n) is 2.75. The van der Waals surface area contributed by atoms with Crippen LogP contribution in [0.4, 0.5) is 22.1 Å². The molecule has 0 aliphatic heterocycles. The lowest BCUT2D eigenvalue weighted by atomic mass is 10.1. The second-order valence-electron chi connectivity index (χ2n) is 5.94. The topological polar surface area (TPSA) is 101 Å². The first-order valence-electron chi connectivity index (χ1n) is 8.47. The second-order valence-corrected chi connectivity index (χ2v) is 6.69. The van der Waals surface area contributed by atoms with Crippen molar-refractivity contribution >= 4 is 44.5 Å². The second kappa shape index (κ2) is 8.19. The number of likely N-dealkylation sites (N-methyl/N-ethyl adjacent to an activating group) is 1. The van der Waals surface area contributed by atoms with Crippen molar-refractivity contribution < 1.29 is 15.2 Å².